The van der Waals surface area contributed by atoms with Crippen molar-refractivity contribution in [3.8, 4) is 0 Å². The van der Waals surface area contributed by atoms with E-state index in [2.05, 4.69) is 26.2 Å². The molecule has 0 amide bonds. The van der Waals surface area contributed by atoms with Crippen molar-refractivity contribution in [1.82, 2.24) is 4.98 Å². The minimum absolute atomic E-state index is 0.0148. The van der Waals surface area contributed by atoms with E-state index in [0.717, 1.165) is 10.0 Å². The van der Waals surface area contributed by atoms with Gasteiger partial charge in [0.15, 0.2) is 0 Å². The Labute approximate surface area is 124 Å². The van der Waals surface area contributed by atoms with E-state index in [4.69, 9.17) is 23.2 Å². The number of nitrogens with zero attached hydrogens (tertiary/aromatic N) is 1. The Bertz CT molecular complexity index is 520. The molecule has 0 fully saturated rings. The lowest BCUT2D eigenvalue weighted by Crippen LogP contribution is -2.13. The van der Waals surface area contributed by atoms with Gasteiger partial charge in [-0.1, -0.05) is 41.9 Å². The SMILES string of the molecule is ClCC(Nc1ncc(Br)cc1Cl)c1ccccc1. The van der Waals surface area contributed by atoms with Gasteiger partial charge in [0.05, 0.1) is 11.1 Å². The maximum atomic E-state index is 6.12. The van der Waals surface area contributed by atoms with Crippen LogP contribution in [0.5, 0.6) is 0 Å². The number of rotatable bonds is 4. The summed E-state index contributed by atoms with van der Waals surface area (Å²) in [5, 5.41) is 3.81. The molecule has 2 aromatic rings. The average molecular weight is 346 g/mol. The van der Waals surface area contributed by atoms with Gasteiger partial charge in [0, 0.05) is 16.5 Å². The number of benzene rings is 1. The van der Waals surface area contributed by atoms with Crippen LogP contribution in [0.15, 0.2) is 47.1 Å². The first-order chi connectivity index (χ1) is 8.70. The Balaban J connectivity index is 2.21. The minimum atomic E-state index is -0.0148. The summed E-state index contributed by atoms with van der Waals surface area (Å²) in [6, 6.07) is 11.8. The number of hydrogen-bond acceptors (Lipinski definition) is 2. The molecule has 0 aliphatic heterocycles. The summed E-state index contributed by atoms with van der Waals surface area (Å²) in [6.45, 7) is 0. The van der Waals surface area contributed by atoms with Crippen LogP contribution in [0, 0.1) is 0 Å². The molecule has 1 N–H and O–H groups in total. The number of anilines is 1. The fraction of sp³-hybridized carbons (Fsp3) is 0.154. The molecule has 1 aromatic heterocycles. The fourth-order valence-corrected chi connectivity index (χ4v) is 2.52. The lowest BCUT2D eigenvalue weighted by atomic mass is 10.1. The molecule has 0 radical (unpaired) electrons. The van der Waals surface area contributed by atoms with Crippen molar-refractivity contribution in [3.05, 3.63) is 57.7 Å². The lowest BCUT2D eigenvalue weighted by Gasteiger charge is -2.17. The Morgan fingerprint density at radius 2 is 2.00 bits per heavy atom. The van der Waals surface area contributed by atoms with Crippen molar-refractivity contribution in [2.75, 3.05) is 11.2 Å². The van der Waals surface area contributed by atoms with Gasteiger partial charge in [0.25, 0.3) is 0 Å². The number of hydrogen-bond donors (Lipinski definition) is 1. The van der Waals surface area contributed by atoms with Gasteiger partial charge in [-0.15, -0.1) is 11.6 Å². The van der Waals surface area contributed by atoms with Gasteiger partial charge in [-0.25, -0.2) is 4.98 Å². The molecule has 0 saturated carbocycles. The van der Waals surface area contributed by atoms with Crippen LogP contribution < -0.4 is 5.32 Å². The zero-order chi connectivity index (χ0) is 13.0. The number of pyridine rings is 1. The van der Waals surface area contributed by atoms with Crippen LogP contribution in [0.2, 0.25) is 5.02 Å². The van der Waals surface area contributed by atoms with Gasteiger partial charge < -0.3 is 5.32 Å². The maximum absolute atomic E-state index is 6.12. The molecule has 0 aliphatic carbocycles. The normalized spacial score (nSPS) is 12.2. The largest absolute Gasteiger partial charge is 0.361 e. The maximum Gasteiger partial charge on any atom is 0.145 e. The third-order valence-corrected chi connectivity index (χ3v) is 3.51. The first-order valence-electron chi connectivity index (χ1n) is 5.39. The number of halogens is 3. The van der Waals surface area contributed by atoms with E-state index in [1.165, 1.54) is 0 Å². The zero-order valence-electron chi connectivity index (χ0n) is 9.41. The number of aromatic nitrogens is 1. The van der Waals surface area contributed by atoms with Gasteiger partial charge in [-0.2, -0.15) is 0 Å². The second-order valence-electron chi connectivity index (χ2n) is 3.75. The van der Waals surface area contributed by atoms with Gasteiger partial charge in [0.2, 0.25) is 0 Å². The summed E-state index contributed by atoms with van der Waals surface area (Å²) < 4.78 is 0.847. The molecule has 0 aliphatic rings. The molecule has 0 bridgehead atoms. The van der Waals surface area contributed by atoms with Crippen molar-refractivity contribution < 1.29 is 0 Å². The van der Waals surface area contributed by atoms with Gasteiger partial charge in [-0.3, -0.25) is 0 Å². The highest BCUT2D eigenvalue weighted by molar-refractivity contribution is 9.10. The van der Waals surface area contributed by atoms with Gasteiger partial charge in [0.1, 0.15) is 5.82 Å². The van der Waals surface area contributed by atoms with Crippen molar-refractivity contribution in [1.29, 1.82) is 0 Å². The van der Waals surface area contributed by atoms with Crippen LogP contribution in [0.4, 0.5) is 5.82 Å². The van der Waals surface area contributed by atoms with E-state index in [9.17, 15) is 0 Å². The highest BCUT2D eigenvalue weighted by Gasteiger charge is 2.12. The standard InChI is InChI=1S/C13H11BrCl2N2/c14-10-6-11(16)13(17-8-10)18-12(7-15)9-4-2-1-3-5-9/h1-6,8,12H,7H2,(H,17,18). The van der Waals surface area contributed by atoms with E-state index >= 15 is 0 Å². The van der Waals surface area contributed by atoms with E-state index in [0.29, 0.717) is 16.7 Å². The molecule has 5 heteroatoms. The van der Waals surface area contributed by atoms with Crippen LogP contribution in [-0.4, -0.2) is 10.9 Å². The second kappa shape index (κ2) is 6.41. The molecule has 0 spiro atoms. The molecule has 2 rings (SSSR count). The summed E-state index contributed by atoms with van der Waals surface area (Å²) in [5.41, 5.74) is 1.10. The van der Waals surface area contributed by atoms with E-state index in [1.54, 1.807) is 12.3 Å². The molecule has 94 valence electrons. The molecule has 2 nitrogen and oxygen atoms in total. The predicted molar refractivity (Wildman–Crippen MR) is 80.5 cm³/mol. The molecular weight excluding hydrogens is 335 g/mol. The molecule has 18 heavy (non-hydrogen) atoms. The third kappa shape index (κ3) is 3.37. The monoisotopic (exact) mass is 344 g/mol. The van der Waals surface area contributed by atoms with Crippen LogP contribution in [0.3, 0.4) is 0 Å². The Morgan fingerprint density at radius 1 is 1.28 bits per heavy atom. The lowest BCUT2D eigenvalue weighted by molar-refractivity contribution is 0.882. The van der Waals surface area contributed by atoms with E-state index < -0.39 is 0 Å². The van der Waals surface area contributed by atoms with Gasteiger partial charge in [-0.05, 0) is 27.6 Å². The zero-order valence-corrected chi connectivity index (χ0v) is 12.5. The smallest absolute Gasteiger partial charge is 0.145 e. The number of alkyl halides is 1. The van der Waals surface area contributed by atoms with Crippen molar-refractivity contribution in [2.24, 2.45) is 0 Å². The first kappa shape index (κ1) is 13.7. The molecular formula is C13H11BrCl2N2. The number of nitrogens with one attached hydrogen (secondary N) is 1. The molecule has 1 unspecified atom stereocenters. The quantitative estimate of drug-likeness (QED) is 0.798. The Hall–Kier alpha value is -0.770. The molecule has 0 saturated heterocycles. The Kier molecular flexibility index (Phi) is 4.87. The highest BCUT2D eigenvalue weighted by Crippen LogP contribution is 2.27. The molecule has 1 heterocycles. The summed E-state index contributed by atoms with van der Waals surface area (Å²) in [7, 11) is 0. The predicted octanol–water partition coefficient (Wildman–Crippen LogP) is 4.89. The summed E-state index contributed by atoms with van der Waals surface area (Å²) >= 11 is 15.4. The molecule has 1 atom stereocenters. The first-order valence-corrected chi connectivity index (χ1v) is 7.09. The second-order valence-corrected chi connectivity index (χ2v) is 5.38. The summed E-state index contributed by atoms with van der Waals surface area (Å²) in [4.78, 5) is 4.24. The Morgan fingerprint density at radius 3 is 2.61 bits per heavy atom. The van der Waals surface area contributed by atoms with Gasteiger partial charge >= 0.3 is 0 Å². The third-order valence-electron chi connectivity index (χ3n) is 2.48. The van der Waals surface area contributed by atoms with Crippen LogP contribution in [0.25, 0.3) is 0 Å². The van der Waals surface area contributed by atoms with Crippen molar-refractivity contribution >= 4 is 44.9 Å². The average Bonchev–Trinajstić information content (AvgIpc) is 2.39. The van der Waals surface area contributed by atoms with Crippen LogP contribution >= 0.6 is 39.1 Å². The van der Waals surface area contributed by atoms with E-state index in [1.807, 2.05) is 30.3 Å². The highest BCUT2D eigenvalue weighted by atomic mass is 79.9. The van der Waals surface area contributed by atoms with Crippen LogP contribution in [0.1, 0.15) is 11.6 Å². The topological polar surface area (TPSA) is 24.9 Å². The minimum Gasteiger partial charge on any atom is -0.361 e. The molecule has 1 aromatic carbocycles. The van der Waals surface area contributed by atoms with Crippen LogP contribution in [-0.2, 0) is 0 Å². The van der Waals surface area contributed by atoms with Crippen molar-refractivity contribution in [3.63, 3.8) is 0 Å². The summed E-state index contributed by atoms with van der Waals surface area (Å²) in [6.07, 6.45) is 1.70. The fourth-order valence-electron chi connectivity index (χ4n) is 1.58. The van der Waals surface area contributed by atoms with Crippen molar-refractivity contribution in [2.45, 2.75) is 6.04 Å². The summed E-state index contributed by atoms with van der Waals surface area (Å²) in [5.74, 6) is 1.08. The van der Waals surface area contributed by atoms with E-state index in [-0.39, 0.29) is 6.04 Å².